The van der Waals surface area contributed by atoms with Crippen molar-refractivity contribution in [1.82, 2.24) is 0 Å². The topological polar surface area (TPSA) is 0 Å². The molecule has 0 aromatic rings. The third kappa shape index (κ3) is 31.5. The summed E-state index contributed by atoms with van der Waals surface area (Å²) in [5.74, 6) is 0. The van der Waals surface area contributed by atoms with Gasteiger partial charge in [-0.1, -0.05) is 37.8 Å². The normalized spacial score (nSPS) is 8.13. The molecule has 0 saturated heterocycles. The van der Waals surface area contributed by atoms with Crippen molar-refractivity contribution < 1.29 is 19.5 Å². The Hall–Kier alpha value is 0.103. The largest absolute Gasteiger partial charge is 2.00 e. The molecule has 0 nitrogen and oxygen atoms in total. The summed E-state index contributed by atoms with van der Waals surface area (Å²) < 4.78 is 0. The van der Waals surface area contributed by atoms with E-state index in [0.29, 0.717) is 0 Å². The first-order valence-electron chi connectivity index (χ1n) is 5.63. The molecule has 0 unspecified atom stereocenters. The van der Waals surface area contributed by atoms with Crippen LogP contribution in [0.15, 0.2) is 25.3 Å². The van der Waals surface area contributed by atoms with Crippen LogP contribution in [0.2, 0.25) is 0 Å². The third-order valence-corrected chi connectivity index (χ3v) is 1.82. The van der Waals surface area contributed by atoms with Crippen molar-refractivity contribution in [1.29, 1.82) is 0 Å². The van der Waals surface area contributed by atoms with Crippen molar-refractivity contribution in [2.24, 2.45) is 0 Å². The summed E-state index contributed by atoms with van der Waals surface area (Å²) in [6.45, 7) is 14.7. The van der Waals surface area contributed by atoms with Crippen LogP contribution in [-0.4, -0.2) is 0 Å². The molecule has 0 aliphatic rings. The molecule has 0 aromatic heterocycles. The van der Waals surface area contributed by atoms with Gasteiger partial charge in [-0.3, -0.25) is 0 Å². The first-order chi connectivity index (χ1) is 6.83. The third-order valence-electron chi connectivity index (χ3n) is 1.82. The van der Waals surface area contributed by atoms with Gasteiger partial charge >= 0.3 is 19.5 Å². The Morgan fingerprint density at radius 2 is 1.07 bits per heavy atom. The standard InChI is InChI=1S/2C7H13.Zn/c2*1-3-5-7-6-4-2;/h2*3H,1-2,4-7H2;/q2*-1;+2. The van der Waals surface area contributed by atoms with Gasteiger partial charge < -0.3 is 13.8 Å². The minimum Gasteiger partial charge on any atom is -0.343 e. The average Bonchev–Trinajstić information content (AvgIpc) is 2.21. The van der Waals surface area contributed by atoms with Crippen molar-refractivity contribution in [3.05, 3.63) is 39.2 Å². The van der Waals surface area contributed by atoms with Crippen molar-refractivity contribution in [2.75, 3.05) is 0 Å². The molecule has 0 heterocycles. The predicted molar refractivity (Wildman–Crippen MR) is 68.0 cm³/mol. The molecule has 0 aromatic carbocycles. The number of rotatable bonds is 8. The van der Waals surface area contributed by atoms with Crippen LogP contribution in [0.4, 0.5) is 0 Å². The van der Waals surface area contributed by atoms with Gasteiger partial charge in [-0.2, -0.15) is 12.8 Å². The van der Waals surface area contributed by atoms with E-state index in [0.717, 1.165) is 25.7 Å². The molecule has 0 aliphatic heterocycles. The van der Waals surface area contributed by atoms with Gasteiger partial charge in [0, 0.05) is 0 Å². The summed E-state index contributed by atoms with van der Waals surface area (Å²) in [5, 5.41) is 0. The molecule has 0 rings (SSSR count). The first-order valence-corrected chi connectivity index (χ1v) is 5.63. The average molecular weight is 260 g/mol. The van der Waals surface area contributed by atoms with E-state index in [1.165, 1.54) is 25.7 Å². The van der Waals surface area contributed by atoms with E-state index in [2.05, 4.69) is 27.0 Å². The molecule has 0 bridgehead atoms. The molecule has 84 valence electrons. The number of unbranched alkanes of at least 4 members (excludes halogenated alkanes) is 6. The maximum Gasteiger partial charge on any atom is 2.00 e. The van der Waals surface area contributed by atoms with Gasteiger partial charge in [0.05, 0.1) is 0 Å². The molecule has 0 atom stereocenters. The fraction of sp³-hybridized carbons (Fsp3) is 0.571. The quantitative estimate of drug-likeness (QED) is 0.245. The van der Waals surface area contributed by atoms with Gasteiger partial charge in [0.25, 0.3) is 0 Å². The van der Waals surface area contributed by atoms with Crippen LogP contribution in [0.3, 0.4) is 0 Å². The molecule has 0 spiro atoms. The van der Waals surface area contributed by atoms with E-state index in [9.17, 15) is 0 Å². The summed E-state index contributed by atoms with van der Waals surface area (Å²) in [5.41, 5.74) is 0. The Labute approximate surface area is 110 Å². The molecule has 1 heteroatoms. The minimum absolute atomic E-state index is 0. The van der Waals surface area contributed by atoms with Crippen LogP contribution in [-0.2, 0) is 19.5 Å². The van der Waals surface area contributed by atoms with Crippen molar-refractivity contribution in [3.63, 3.8) is 0 Å². The number of hydrogen-bond donors (Lipinski definition) is 0. The zero-order valence-electron chi connectivity index (χ0n) is 10.3. The van der Waals surface area contributed by atoms with Crippen LogP contribution >= 0.6 is 0 Å². The molecule has 0 fully saturated rings. The molecule has 0 aliphatic carbocycles. The second kappa shape index (κ2) is 23.7. The summed E-state index contributed by atoms with van der Waals surface area (Å²) in [7, 11) is 0. The minimum atomic E-state index is 0. The Morgan fingerprint density at radius 1 is 0.733 bits per heavy atom. The maximum absolute atomic E-state index is 3.72. The summed E-state index contributed by atoms with van der Waals surface area (Å²) in [4.78, 5) is 0. The van der Waals surface area contributed by atoms with Gasteiger partial charge in [-0.05, 0) is 12.8 Å². The van der Waals surface area contributed by atoms with Crippen LogP contribution in [0, 0.1) is 13.8 Å². The molecular weight excluding hydrogens is 234 g/mol. The Morgan fingerprint density at radius 3 is 1.27 bits per heavy atom. The van der Waals surface area contributed by atoms with Gasteiger partial charge in [0.2, 0.25) is 0 Å². The zero-order valence-corrected chi connectivity index (χ0v) is 13.3. The van der Waals surface area contributed by atoms with E-state index >= 15 is 0 Å². The van der Waals surface area contributed by atoms with Crippen LogP contribution in [0.5, 0.6) is 0 Å². The van der Waals surface area contributed by atoms with Crippen molar-refractivity contribution in [3.8, 4) is 0 Å². The maximum atomic E-state index is 3.72. The van der Waals surface area contributed by atoms with Gasteiger partial charge in [0.15, 0.2) is 0 Å². The second-order valence-electron chi connectivity index (χ2n) is 3.28. The smallest absolute Gasteiger partial charge is 0.343 e. The fourth-order valence-electron chi connectivity index (χ4n) is 0.931. The molecule has 0 radical (unpaired) electrons. The summed E-state index contributed by atoms with van der Waals surface area (Å²) >= 11 is 0. The molecule has 0 amide bonds. The number of allylic oxidation sites excluding steroid dienone is 2. The zero-order chi connectivity index (χ0) is 11.1. The molecule has 0 N–H and O–H groups in total. The summed E-state index contributed by atoms with van der Waals surface area (Å²) in [6, 6.07) is 0. The second-order valence-corrected chi connectivity index (χ2v) is 3.28. The Kier molecular flexibility index (Phi) is 32.4. The van der Waals surface area contributed by atoms with E-state index in [1.54, 1.807) is 0 Å². The van der Waals surface area contributed by atoms with E-state index in [1.807, 2.05) is 12.2 Å². The monoisotopic (exact) mass is 258 g/mol. The van der Waals surface area contributed by atoms with Crippen molar-refractivity contribution >= 4 is 0 Å². The van der Waals surface area contributed by atoms with Gasteiger partial charge in [-0.25, -0.2) is 0 Å². The first kappa shape index (κ1) is 20.5. The predicted octanol–water partition coefficient (Wildman–Crippen LogP) is 5.13. The van der Waals surface area contributed by atoms with E-state index in [4.69, 9.17) is 0 Å². The van der Waals surface area contributed by atoms with Gasteiger partial charge in [-0.15, -0.1) is 13.2 Å². The van der Waals surface area contributed by atoms with Crippen LogP contribution in [0.1, 0.15) is 51.4 Å². The van der Waals surface area contributed by atoms with Gasteiger partial charge in [0.1, 0.15) is 0 Å². The van der Waals surface area contributed by atoms with E-state index in [-0.39, 0.29) is 19.5 Å². The molecule has 15 heavy (non-hydrogen) atoms. The van der Waals surface area contributed by atoms with Crippen LogP contribution < -0.4 is 0 Å². The Bertz CT molecular complexity index is 93.9. The number of hydrogen-bond acceptors (Lipinski definition) is 0. The van der Waals surface area contributed by atoms with Crippen molar-refractivity contribution in [2.45, 2.75) is 51.4 Å². The van der Waals surface area contributed by atoms with Crippen LogP contribution in [0.25, 0.3) is 0 Å². The Balaban J connectivity index is -0.000000180. The molecule has 0 saturated carbocycles. The SMILES string of the molecule is C=CCCCC[CH2-].C=CCCCC[CH2-].[Zn+2]. The fourth-order valence-corrected chi connectivity index (χ4v) is 0.931. The summed E-state index contributed by atoms with van der Waals surface area (Å²) in [6.07, 6.45) is 13.3. The molecular formula is C14H26Zn. The van der Waals surface area contributed by atoms with E-state index < -0.39 is 0 Å².